The van der Waals surface area contributed by atoms with Gasteiger partial charge in [0.25, 0.3) is 0 Å². The molecule has 1 spiro atoms. The number of ether oxygens (including phenoxy) is 1. The van der Waals surface area contributed by atoms with Crippen molar-refractivity contribution in [2.75, 3.05) is 13.1 Å². The Morgan fingerprint density at radius 2 is 2.16 bits per heavy atom. The van der Waals surface area contributed by atoms with Crippen molar-refractivity contribution < 1.29 is 4.74 Å². The predicted octanol–water partition coefficient (Wildman–Crippen LogP) is 3.60. The lowest BCUT2D eigenvalue weighted by Crippen LogP contribution is -2.53. The fourth-order valence-corrected chi connectivity index (χ4v) is 3.82. The van der Waals surface area contributed by atoms with E-state index in [1.807, 2.05) is 0 Å². The van der Waals surface area contributed by atoms with Crippen LogP contribution in [0, 0.1) is 12.8 Å². The minimum atomic E-state index is 0.0862. The van der Waals surface area contributed by atoms with Crippen LogP contribution in [0.1, 0.15) is 49.8 Å². The summed E-state index contributed by atoms with van der Waals surface area (Å²) in [6, 6.07) is 8.63. The van der Waals surface area contributed by atoms with Gasteiger partial charge in [0.2, 0.25) is 0 Å². The Kier molecular flexibility index (Phi) is 3.64. The molecule has 2 fully saturated rings. The first-order valence-electron chi connectivity index (χ1n) is 7.63. The van der Waals surface area contributed by atoms with Crippen LogP contribution >= 0.6 is 0 Å². The highest BCUT2D eigenvalue weighted by Crippen LogP contribution is 2.40. The van der Waals surface area contributed by atoms with Crippen molar-refractivity contribution in [3.63, 3.8) is 0 Å². The molecule has 0 bridgehead atoms. The molecular weight excluding hydrogens is 234 g/mol. The Labute approximate surface area is 116 Å². The molecule has 3 atom stereocenters. The summed E-state index contributed by atoms with van der Waals surface area (Å²) < 4.78 is 6.59. The number of rotatable bonds is 1. The second kappa shape index (κ2) is 5.26. The van der Waals surface area contributed by atoms with Gasteiger partial charge in [-0.1, -0.05) is 44.0 Å². The van der Waals surface area contributed by atoms with Gasteiger partial charge in [0.05, 0.1) is 11.7 Å². The summed E-state index contributed by atoms with van der Waals surface area (Å²) in [5, 5.41) is 3.62. The zero-order chi connectivity index (χ0) is 13.3. The molecular formula is C17H25NO. The van der Waals surface area contributed by atoms with Gasteiger partial charge in [-0.2, -0.15) is 0 Å². The van der Waals surface area contributed by atoms with Gasteiger partial charge in [-0.25, -0.2) is 0 Å². The number of aryl methyl sites for hydroxylation is 1. The van der Waals surface area contributed by atoms with Crippen LogP contribution in [0.4, 0.5) is 0 Å². The topological polar surface area (TPSA) is 21.3 Å². The van der Waals surface area contributed by atoms with Crippen molar-refractivity contribution in [2.45, 2.75) is 51.2 Å². The molecule has 0 radical (unpaired) electrons. The first kappa shape index (κ1) is 13.1. The van der Waals surface area contributed by atoms with E-state index in [1.165, 1.54) is 36.8 Å². The standard InChI is InChI=1S/C17H25NO/c1-13-6-5-9-17(10-13)12-18-11-16(19-17)15-8-4-3-7-14(15)2/h3-4,7-8,13,16,18H,5-6,9-12H2,1-2H3. The maximum absolute atomic E-state index is 6.59. The number of benzene rings is 1. The van der Waals surface area contributed by atoms with Crippen molar-refractivity contribution in [1.29, 1.82) is 0 Å². The molecule has 1 saturated heterocycles. The first-order chi connectivity index (χ1) is 9.19. The van der Waals surface area contributed by atoms with Crippen molar-refractivity contribution in [3.05, 3.63) is 35.4 Å². The summed E-state index contributed by atoms with van der Waals surface area (Å²) in [5.41, 5.74) is 2.78. The number of morpholine rings is 1. The smallest absolute Gasteiger partial charge is 0.0959 e. The monoisotopic (exact) mass is 259 g/mol. The molecule has 3 rings (SSSR count). The molecule has 1 saturated carbocycles. The van der Waals surface area contributed by atoms with Crippen LogP contribution in [0.5, 0.6) is 0 Å². The molecule has 0 amide bonds. The summed E-state index contributed by atoms with van der Waals surface area (Å²) in [5.74, 6) is 0.797. The van der Waals surface area contributed by atoms with E-state index in [1.54, 1.807) is 0 Å². The Balaban J connectivity index is 1.80. The number of hydrogen-bond acceptors (Lipinski definition) is 2. The highest BCUT2D eigenvalue weighted by Gasteiger charge is 2.40. The van der Waals surface area contributed by atoms with Gasteiger partial charge in [0.15, 0.2) is 0 Å². The summed E-state index contributed by atoms with van der Waals surface area (Å²) in [4.78, 5) is 0. The molecule has 1 heterocycles. The van der Waals surface area contributed by atoms with Gasteiger partial charge in [0, 0.05) is 13.1 Å². The maximum atomic E-state index is 6.59. The van der Waals surface area contributed by atoms with Crippen LogP contribution < -0.4 is 5.32 Å². The van der Waals surface area contributed by atoms with Crippen molar-refractivity contribution in [3.8, 4) is 0 Å². The first-order valence-corrected chi connectivity index (χ1v) is 7.63. The van der Waals surface area contributed by atoms with Crippen molar-refractivity contribution in [1.82, 2.24) is 5.32 Å². The molecule has 104 valence electrons. The number of hydrogen-bond donors (Lipinski definition) is 1. The third-order valence-corrected chi connectivity index (χ3v) is 4.75. The molecule has 1 aliphatic heterocycles. The van der Waals surface area contributed by atoms with Gasteiger partial charge < -0.3 is 10.1 Å². The molecule has 1 aliphatic carbocycles. The van der Waals surface area contributed by atoms with Gasteiger partial charge in [0.1, 0.15) is 0 Å². The van der Waals surface area contributed by atoms with Crippen LogP contribution in [0.2, 0.25) is 0 Å². The van der Waals surface area contributed by atoms with Gasteiger partial charge in [-0.3, -0.25) is 0 Å². The van der Waals surface area contributed by atoms with E-state index in [-0.39, 0.29) is 11.7 Å². The van der Waals surface area contributed by atoms with E-state index >= 15 is 0 Å². The molecule has 2 aliphatic rings. The largest absolute Gasteiger partial charge is 0.364 e. The summed E-state index contributed by atoms with van der Waals surface area (Å²) >= 11 is 0. The lowest BCUT2D eigenvalue weighted by molar-refractivity contribution is -0.143. The number of nitrogens with one attached hydrogen (secondary N) is 1. The fraction of sp³-hybridized carbons (Fsp3) is 0.647. The van der Waals surface area contributed by atoms with E-state index in [0.29, 0.717) is 0 Å². The maximum Gasteiger partial charge on any atom is 0.0959 e. The van der Waals surface area contributed by atoms with Crippen LogP contribution in [-0.4, -0.2) is 18.7 Å². The van der Waals surface area contributed by atoms with Gasteiger partial charge in [-0.15, -0.1) is 0 Å². The minimum Gasteiger partial charge on any atom is -0.364 e. The molecule has 3 unspecified atom stereocenters. The molecule has 0 aromatic heterocycles. The molecule has 1 aromatic carbocycles. The van der Waals surface area contributed by atoms with E-state index in [4.69, 9.17) is 4.74 Å². The third-order valence-electron chi connectivity index (χ3n) is 4.75. The normalized spacial score (nSPS) is 35.5. The molecule has 2 nitrogen and oxygen atoms in total. The van der Waals surface area contributed by atoms with E-state index < -0.39 is 0 Å². The average Bonchev–Trinajstić information content (AvgIpc) is 2.39. The zero-order valence-electron chi connectivity index (χ0n) is 12.1. The van der Waals surface area contributed by atoms with E-state index in [2.05, 4.69) is 43.4 Å². The van der Waals surface area contributed by atoms with Crippen molar-refractivity contribution in [2.24, 2.45) is 5.92 Å². The van der Waals surface area contributed by atoms with E-state index in [0.717, 1.165) is 19.0 Å². The third kappa shape index (κ3) is 2.70. The second-order valence-electron chi connectivity index (χ2n) is 6.48. The molecule has 1 aromatic rings. The highest BCUT2D eigenvalue weighted by atomic mass is 16.5. The second-order valence-corrected chi connectivity index (χ2v) is 6.48. The molecule has 2 heteroatoms. The zero-order valence-corrected chi connectivity index (χ0v) is 12.1. The van der Waals surface area contributed by atoms with Crippen molar-refractivity contribution >= 4 is 0 Å². The summed E-state index contributed by atoms with van der Waals surface area (Å²) in [6.07, 6.45) is 5.32. The molecule has 1 N–H and O–H groups in total. The lowest BCUT2D eigenvalue weighted by atomic mass is 9.77. The van der Waals surface area contributed by atoms with Gasteiger partial charge in [-0.05, 0) is 36.8 Å². The Morgan fingerprint density at radius 1 is 1.32 bits per heavy atom. The Morgan fingerprint density at radius 3 is 2.95 bits per heavy atom. The average molecular weight is 259 g/mol. The fourth-order valence-electron chi connectivity index (χ4n) is 3.82. The Bertz CT molecular complexity index is 441. The SMILES string of the molecule is Cc1ccccc1C1CNCC2(CCCC(C)C2)O1. The summed E-state index contributed by atoms with van der Waals surface area (Å²) in [7, 11) is 0. The Hall–Kier alpha value is -0.860. The lowest BCUT2D eigenvalue weighted by Gasteiger charge is -2.46. The quantitative estimate of drug-likeness (QED) is 0.832. The van der Waals surface area contributed by atoms with Crippen LogP contribution in [0.3, 0.4) is 0 Å². The molecule has 19 heavy (non-hydrogen) atoms. The predicted molar refractivity (Wildman–Crippen MR) is 78.2 cm³/mol. The highest BCUT2D eigenvalue weighted by molar-refractivity contribution is 5.28. The van der Waals surface area contributed by atoms with Crippen LogP contribution in [-0.2, 0) is 4.74 Å². The minimum absolute atomic E-state index is 0.0862. The van der Waals surface area contributed by atoms with Crippen LogP contribution in [0.25, 0.3) is 0 Å². The summed E-state index contributed by atoms with van der Waals surface area (Å²) in [6.45, 7) is 6.52. The van der Waals surface area contributed by atoms with Gasteiger partial charge >= 0.3 is 0 Å². The van der Waals surface area contributed by atoms with Crippen LogP contribution in [0.15, 0.2) is 24.3 Å². The van der Waals surface area contributed by atoms with E-state index in [9.17, 15) is 0 Å².